The van der Waals surface area contributed by atoms with Gasteiger partial charge in [-0.05, 0) is 26.0 Å². The van der Waals surface area contributed by atoms with Crippen LogP contribution >= 0.6 is 11.6 Å². The predicted molar refractivity (Wildman–Crippen MR) is 91.9 cm³/mol. The van der Waals surface area contributed by atoms with E-state index in [1.54, 1.807) is 6.07 Å². The number of carbonyl (C=O) groups excluding carboxylic acids is 1. The van der Waals surface area contributed by atoms with Gasteiger partial charge in [-0.2, -0.15) is 5.10 Å². The fraction of sp³-hybridized carbons (Fsp3) is 0.353. The van der Waals surface area contributed by atoms with E-state index < -0.39 is 11.9 Å². The molecule has 3 rings (SSSR count). The van der Waals surface area contributed by atoms with Gasteiger partial charge in [0.25, 0.3) is 5.91 Å². The molecule has 1 aromatic carbocycles. The molecule has 8 heteroatoms. The molecule has 1 atom stereocenters. The molecule has 132 valence electrons. The molecule has 1 aliphatic rings. The van der Waals surface area contributed by atoms with Gasteiger partial charge in [-0.3, -0.25) is 9.48 Å². The maximum absolute atomic E-state index is 13.9. The Labute approximate surface area is 149 Å². The molecule has 1 amide bonds. The molecule has 0 saturated heterocycles. The van der Waals surface area contributed by atoms with Crippen molar-refractivity contribution in [3.63, 3.8) is 0 Å². The summed E-state index contributed by atoms with van der Waals surface area (Å²) in [5.41, 5.74) is 2.31. The minimum atomic E-state index is -0.799. The van der Waals surface area contributed by atoms with E-state index in [9.17, 15) is 9.18 Å². The number of rotatable bonds is 5. The Morgan fingerprint density at radius 2 is 2.32 bits per heavy atom. The van der Waals surface area contributed by atoms with Crippen LogP contribution in [0.4, 0.5) is 4.39 Å². The van der Waals surface area contributed by atoms with E-state index in [0.717, 1.165) is 17.8 Å². The van der Waals surface area contributed by atoms with Crippen molar-refractivity contribution in [2.45, 2.75) is 39.5 Å². The molecule has 25 heavy (non-hydrogen) atoms. The highest BCUT2D eigenvalue weighted by molar-refractivity contribution is 6.34. The third kappa shape index (κ3) is 3.66. The Kier molecular flexibility index (Phi) is 5.03. The SMILES string of the molecule is CCn1cc(CNC(=O)C2CC(c3c(F)cccc3Cl)=NO2)c(C)n1. The van der Waals surface area contributed by atoms with Crippen molar-refractivity contribution in [3.8, 4) is 0 Å². The molecule has 6 nitrogen and oxygen atoms in total. The average Bonchev–Trinajstić information content (AvgIpc) is 3.19. The highest BCUT2D eigenvalue weighted by Gasteiger charge is 2.31. The van der Waals surface area contributed by atoms with E-state index in [1.165, 1.54) is 12.1 Å². The molecule has 1 unspecified atom stereocenters. The van der Waals surface area contributed by atoms with Crippen LogP contribution in [0.3, 0.4) is 0 Å². The first-order chi connectivity index (χ1) is 12.0. The van der Waals surface area contributed by atoms with Crippen molar-refractivity contribution in [1.82, 2.24) is 15.1 Å². The van der Waals surface area contributed by atoms with Crippen molar-refractivity contribution in [3.05, 3.63) is 52.1 Å². The molecule has 2 heterocycles. The van der Waals surface area contributed by atoms with Gasteiger partial charge >= 0.3 is 0 Å². The lowest BCUT2D eigenvalue weighted by molar-refractivity contribution is -0.131. The summed E-state index contributed by atoms with van der Waals surface area (Å²) in [6, 6.07) is 4.38. The van der Waals surface area contributed by atoms with Crippen LogP contribution in [0.1, 0.15) is 30.2 Å². The third-order valence-electron chi connectivity index (χ3n) is 4.04. The first kappa shape index (κ1) is 17.4. The van der Waals surface area contributed by atoms with Gasteiger partial charge in [0.05, 0.1) is 22.0 Å². The van der Waals surface area contributed by atoms with Crippen LogP contribution in [0.25, 0.3) is 0 Å². The summed E-state index contributed by atoms with van der Waals surface area (Å²) in [7, 11) is 0. The van der Waals surface area contributed by atoms with Gasteiger partial charge < -0.3 is 10.2 Å². The highest BCUT2D eigenvalue weighted by Crippen LogP contribution is 2.25. The Hall–Kier alpha value is -2.41. The lowest BCUT2D eigenvalue weighted by Crippen LogP contribution is -2.34. The molecule has 0 spiro atoms. The van der Waals surface area contributed by atoms with Gasteiger partial charge in [0.1, 0.15) is 5.82 Å². The molecule has 1 aliphatic heterocycles. The lowest BCUT2D eigenvalue weighted by atomic mass is 10.0. The molecule has 0 aliphatic carbocycles. The smallest absolute Gasteiger partial charge is 0.264 e. The summed E-state index contributed by atoms with van der Waals surface area (Å²) < 4.78 is 15.8. The molecule has 0 saturated carbocycles. The topological polar surface area (TPSA) is 68.5 Å². The van der Waals surface area contributed by atoms with Crippen LogP contribution < -0.4 is 5.32 Å². The van der Waals surface area contributed by atoms with Gasteiger partial charge in [-0.1, -0.05) is 22.8 Å². The number of nitrogens with one attached hydrogen (secondary N) is 1. The predicted octanol–water partition coefficient (Wildman–Crippen LogP) is 2.81. The van der Waals surface area contributed by atoms with Crippen molar-refractivity contribution in [2.75, 3.05) is 0 Å². The standard InChI is InChI=1S/C17H18ClFN4O2/c1-3-23-9-11(10(2)21-23)8-20-17(24)15-7-14(22-25-15)16-12(18)5-4-6-13(16)19/h4-6,9,15H,3,7-8H2,1-2H3,(H,20,24). The van der Waals surface area contributed by atoms with Gasteiger partial charge in [0, 0.05) is 31.3 Å². The van der Waals surface area contributed by atoms with Crippen LogP contribution in [0.5, 0.6) is 0 Å². The maximum atomic E-state index is 13.9. The summed E-state index contributed by atoms with van der Waals surface area (Å²) in [6.07, 6.45) is 1.26. The summed E-state index contributed by atoms with van der Waals surface area (Å²) in [6.45, 7) is 5.00. The average molecular weight is 365 g/mol. The molecular formula is C17H18ClFN4O2. The van der Waals surface area contributed by atoms with Crippen LogP contribution in [0.15, 0.2) is 29.6 Å². The molecular weight excluding hydrogens is 347 g/mol. The minimum absolute atomic E-state index is 0.166. The van der Waals surface area contributed by atoms with Gasteiger partial charge in [0.15, 0.2) is 0 Å². The van der Waals surface area contributed by atoms with E-state index in [-0.39, 0.29) is 22.9 Å². The van der Waals surface area contributed by atoms with E-state index in [1.807, 2.05) is 24.7 Å². The van der Waals surface area contributed by atoms with Crippen LogP contribution in [-0.4, -0.2) is 27.5 Å². The normalized spacial score (nSPS) is 16.5. The molecule has 0 fully saturated rings. The second-order valence-corrected chi connectivity index (χ2v) is 6.15. The van der Waals surface area contributed by atoms with Crippen molar-refractivity contribution in [2.24, 2.45) is 5.16 Å². The quantitative estimate of drug-likeness (QED) is 0.887. The number of halogens is 2. The van der Waals surface area contributed by atoms with Crippen LogP contribution in [0, 0.1) is 12.7 Å². The minimum Gasteiger partial charge on any atom is -0.382 e. The number of aryl methyl sites for hydroxylation is 2. The second kappa shape index (κ2) is 7.23. The number of nitrogens with zero attached hydrogens (tertiary/aromatic N) is 3. The van der Waals surface area contributed by atoms with E-state index >= 15 is 0 Å². The second-order valence-electron chi connectivity index (χ2n) is 5.75. The van der Waals surface area contributed by atoms with Gasteiger partial charge in [-0.25, -0.2) is 4.39 Å². The number of oxime groups is 1. The van der Waals surface area contributed by atoms with Crippen LogP contribution in [0.2, 0.25) is 5.02 Å². The zero-order valence-corrected chi connectivity index (χ0v) is 14.7. The number of hydrogen-bond donors (Lipinski definition) is 1. The number of benzene rings is 1. The zero-order chi connectivity index (χ0) is 18.0. The monoisotopic (exact) mass is 364 g/mol. The van der Waals surface area contributed by atoms with Crippen LogP contribution in [-0.2, 0) is 22.7 Å². The van der Waals surface area contributed by atoms with Crippen molar-refractivity contribution >= 4 is 23.2 Å². The lowest BCUT2D eigenvalue weighted by Gasteiger charge is -2.09. The number of hydrogen-bond acceptors (Lipinski definition) is 4. The Balaban J connectivity index is 1.61. The largest absolute Gasteiger partial charge is 0.382 e. The highest BCUT2D eigenvalue weighted by atomic mass is 35.5. The Morgan fingerprint density at radius 3 is 3.00 bits per heavy atom. The van der Waals surface area contributed by atoms with Crippen molar-refractivity contribution in [1.29, 1.82) is 0 Å². The first-order valence-corrected chi connectivity index (χ1v) is 8.35. The third-order valence-corrected chi connectivity index (χ3v) is 4.35. The summed E-state index contributed by atoms with van der Waals surface area (Å²) in [5, 5.41) is 11.2. The summed E-state index contributed by atoms with van der Waals surface area (Å²) >= 11 is 6.03. The van der Waals surface area contributed by atoms with Crippen molar-refractivity contribution < 1.29 is 14.0 Å². The molecule has 0 bridgehead atoms. The van der Waals surface area contributed by atoms with Gasteiger partial charge in [0.2, 0.25) is 6.10 Å². The van der Waals surface area contributed by atoms with E-state index in [4.69, 9.17) is 16.4 Å². The number of aromatic nitrogens is 2. The number of amides is 1. The molecule has 2 aromatic rings. The fourth-order valence-corrected chi connectivity index (χ4v) is 2.90. The molecule has 0 radical (unpaired) electrons. The number of carbonyl (C=O) groups is 1. The zero-order valence-electron chi connectivity index (χ0n) is 13.9. The first-order valence-electron chi connectivity index (χ1n) is 7.97. The molecule has 1 aromatic heterocycles. The summed E-state index contributed by atoms with van der Waals surface area (Å²) in [5.74, 6) is -0.798. The Bertz CT molecular complexity index is 814. The summed E-state index contributed by atoms with van der Waals surface area (Å²) in [4.78, 5) is 17.5. The van der Waals surface area contributed by atoms with E-state index in [2.05, 4.69) is 15.6 Å². The van der Waals surface area contributed by atoms with E-state index in [0.29, 0.717) is 12.3 Å². The maximum Gasteiger partial charge on any atom is 0.264 e. The molecule has 1 N–H and O–H groups in total. The fourth-order valence-electron chi connectivity index (χ4n) is 2.63. The Morgan fingerprint density at radius 1 is 1.52 bits per heavy atom. The van der Waals surface area contributed by atoms with Gasteiger partial charge in [-0.15, -0.1) is 0 Å².